The minimum absolute atomic E-state index is 0.370. The Kier molecular flexibility index (Phi) is 10.7. The third kappa shape index (κ3) is 10.0. The minimum Gasteiger partial charge on any atom is -0.378 e. The van der Waals surface area contributed by atoms with Crippen LogP contribution in [-0.2, 0) is 13.9 Å². The molecule has 2 N–H and O–H groups in total. The Hall–Kier alpha value is 0.180. The first-order valence-corrected chi connectivity index (χ1v) is 11.4. The Morgan fingerprint density at radius 2 is 1.95 bits per heavy atom. The van der Waals surface area contributed by atoms with Crippen LogP contribution in [0.2, 0.25) is 0 Å². The van der Waals surface area contributed by atoms with Crippen molar-refractivity contribution in [2.75, 3.05) is 25.4 Å². The highest BCUT2D eigenvalue weighted by molar-refractivity contribution is 8.69. The van der Waals surface area contributed by atoms with Crippen LogP contribution in [0.1, 0.15) is 58.3 Å². The molecule has 0 aromatic rings. The molecule has 1 atom stereocenters. The van der Waals surface area contributed by atoms with Gasteiger partial charge in [0, 0.05) is 18.9 Å². The lowest BCUT2D eigenvalue weighted by atomic mass is 9.84. The van der Waals surface area contributed by atoms with Crippen molar-refractivity contribution in [3.8, 4) is 0 Å². The van der Waals surface area contributed by atoms with Gasteiger partial charge in [0.25, 0.3) is 0 Å². The molecule has 1 saturated carbocycles. The Balaban J connectivity index is 1.95. The first-order valence-electron chi connectivity index (χ1n) is 8.47. The molecule has 7 heteroatoms. The first kappa shape index (κ1) is 20.2. The van der Waals surface area contributed by atoms with Gasteiger partial charge in [0.2, 0.25) is 0 Å². The Morgan fingerprint density at radius 3 is 2.59 bits per heavy atom. The maximum Gasteiger partial charge on any atom is 0.319 e. The van der Waals surface area contributed by atoms with Crippen LogP contribution in [0.4, 0.5) is 0 Å². The van der Waals surface area contributed by atoms with Crippen molar-refractivity contribution >= 4 is 19.9 Å². The molecule has 0 heterocycles. The molecular formula is C15H31NO4S2. The van der Waals surface area contributed by atoms with Gasteiger partial charge in [0.1, 0.15) is 0 Å². The molecule has 0 amide bonds. The second-order valence-electron chi connectivity index (χ2n) is 5.92. The van der Waals surface area contributed by atoms with Crippen molar-refractivity contribution in [1.29, 1.82) is 0 Å². The van der Waals surface area contributed by atoms with E-state index in [0.29, 0.717) is 29.2 Å². The average Bonchev–Trinajstić information content (AvgIpc) is 2.49. The molecule has 0 spiro atoms. The van der Waals surface area contributed by atoms with Gasteiger partial charge in [-0.25, -0.2) is 0 Å². The number of rotatable bonds is 12. The number of hydrogen-bond donors (Lipinski definition) is 2. The van der Waals surface area contributed by atoms with Crippen molar-refractivity contribution in [2.45, 2.75) is 64.4 Å². The van der Waals surface area contributed by atoms with Crippen LogP contribution in [-0.4, -0.2) is 44.5 Å². The zero-order valence-corrected chi connectivity index (χ0v) is 15.3. The van der Waals surface area contributed by atoms with Gasteiger partial charge in [0.05, 0.1) is 6.10 Å². The highest BCUT2D eigenvalue weighted by Crippen LogP contribution is 2.29. The summed E-state index contributed by atoms with van der Waals surface area (Å²) in [6.07, 6.45) is 10.3. The van der Waals surface area contributed by atoms with E-state index in [9.17, 15) is 8.42 Å². The number of nitrogens with one attached hydrogen (secondary N) is 1. The van der Waals surface area contributed by atoms with Gasteiger partial charge in [-0.15, -0.1) is 0 Å². The third-order valence-corrected chi connectivity index (χ3v) is 6.23. The summed E-state index contributed by atoms with van der Waals surface area (Å²) >= 11 is 0. The summed E-state index contributed by atoms with van der Waals surface area (Å²) < 4.78 is 35.6. The summed E-state index contributed by atoms with van der Waals surface area (Å²) in [6.45, 7) is 4.48. The predicted octanol–water partition coefficient (Wildman–Crippen LogP) is 3.27. The van der Waals surface area contributed by atoms with Gasteiger partial charge >= 0.3 is 9.15 Å². The average molecular weight is 354 g/mol. The Labute approximate surface area is 139 Å². The molecule has 1 unspecified atom stereocenters. The van der Waals surface area contributed by atoms with E-state index in [1.807, 2.05) is 0 Å². The summed E-state index contributed by atoms with van der Waals surface area (Å²) in [5, 5.41) is 3.17. The molecule has 0 aromatic carbocycles. The van der Waals surface area contributed by atoms with E-state index in [4.69, 9.17) is 9.29 Å². The summed E-state index contributed by atoms with van der Waals surface area (Å²) in [5.74, 6) is 1.13. The normalized spacial score (nSPS) is 18.5. The zero-order valence-electron chi connectivity index (χ0n) is 13.6. The van der Waals surface area contributed by atoms with Crippen molar-refractivity contribution in [3.05, 3.63) is 0 Å². The molecule has 22 heavy (non-hydrogen) atoms. The lowest BCUT2D eigenvalue weighted by molar-refractivity contribution is -0.00329. The third-order valence-electron chi connectivity index (χ3n) is 4.17. The topological polar surface area (TPSA) is 75.6 Å². The molecule has 1 fully saturated rings. The largest absolute Gasteiger partial charge is 0.378 e. The lowest BCUT2D eigenvalue weighted by Crippen LogP contribution is -2.26. The fraction of sp³-hybridized carbons (Fsp3) is 1.00. The van der Waals surface area contributed by atoms with Crippen molar-refractivity contribution < 1.29 is 17.7 Å². The fourth-order valence-corrected chi connectivity index (χ4v) is 4.34. The fourth-order valence-electron chi connectivity index (χ4n) is 3.02. The maximum absolute atomic E-state index is 10.5. The molecule has 0 aromatic heterocycles. The highest BCUT2D eigenvalue weighted by Gasteiger charge is 2.22. The van der Waals surface area contributed by atoms with Crippen molar-refractivity contribution in [2.24, 2.45) is 5.92 Å². The predicted molar refractivity (Wildman–Crippen MR) is 92.7 cm³/mol. The van der Waals surface area contributed by atoms with Gasteiger partial charge in [0.15, 0.2) is 0 Å². The van der Waals surface area contributed by atoms with Gasteiger partial charge in [-0.05, 0) is 55.4 Å². The zero-order chi connectivity index (χ0) is 16.3. The lowest BCUT2D eigenvalue weighted by Gasteiger charge is -2.29. The SMILES string of the molecule is CCC(OCCCCNCCSS(=O)(=O)O)C1CCCCC1. The standard InChI is InChI=1S/C15H31NO4S2/c1-2-15(14-8-4-3-5-9-14)20-12-7-6-10-16-11-13-21-22(17,18)19/h14-16H,2-13H2,1H3,(H,17,18,19). The Bertz CT molecular complexity index is 370. The van der Waals surface area contributed by atoms with E-state index in [1.54, 1.807) is 0 Å². The smallest absolute Gasteiger partial charge is 0.319 e. The molecular weight excluding hydrogens is 322 g/mol. The number of unbranched alkanes of at least 4 members (excludes halogenated alkanes) is 1. The van der Waals surface area contributed by atoms with E-state index in [2.05, 4.69) is 12.2 Å². The van der Waals surface area contributed by atoms with Crippen LogP contribution < -0.4 is 5.32 Å². The summed E-state index contributed by atoms with van der Waals surface area (Å²) in [4.78, 5) is 0. The molecule has 1 aliphatic carbocycles. The first-order chi connectivity index (χ1) is 10.5. The number of hydrogen-bond acceptors (Lipinski definition) is 5. The molecule has 132 valence electrons. The second kappa shape index (κ2) is 11.7. The highest BCUT2D eigenvalue weighted by atomic mass is 33.1. The second-order valence-corrected chi connectivity index (χ2v) is 9.39. The van der Waals surface area contributed by atoms with Crippen LogP contribution in [0.15, 0.2) is 0 Å². The quantitative estimate of drug-likeness (QED) is 0.319. The van der Waals surface area contributed by atoms with E-state index in [0.717, 1.165) is 38.3 Å². The molecule has 0 radical (unpaired) electrons. The van der Waals surface area contributed by atoms with Gasteiger partial charge in [-0.3, -0.25) is 4.55 Å². The summed E-state index contributed by atoms with van der Waals surface area (Å²) in [6, 6.07) is 0. The van der Waals surface area contributed by atoms with E-state index in [-0.39, 0.29) is 0 Å². The van der Waals surface area contributed by atoms with Crippen molar-refractivity contribution in [1.82, 2.24) is 5.32 Å². The number of ether oxygens (including phenoxy) is 1. The summed E-state index contributed by atoms with van der Waals surface area (Å²) in [7, 11) is -3.33. The van der Waals surface area contributed by atoms with Crippen LogP contribution in [0.3, 0.4) is 0 Å². The Morgan fingerprint density at radius 1 is 1.23 bits per heavy atom. The maximum atomic E-state index is 10.5. The molecule has 0 saturated heterocycles. The molecule has 1 rings (SSSR count). The summed E-state index contributed by atoms with van der Waals surface area (Å²) in [5.41, 5.74) is 0. The molecule has 1 aliphatic rings. The van der Waals surface area contributed by atoms with Crippen LogP contribution in [0, 0.1) is 5.92 Å². The van der Waals surface area contributed by atoms with Crippen molar-refractivity contribution in [3.63, 3.8) is 0 Å². The van der Waals surface area contributed by atoms with Gasteiger partial charge < -0.3 is 10.1 Å². The van der Waals surface area contributed by atoms with E-state index < -0.39 is 9.15 Å². The van der Waals surface area contributed by atoms with Crippen LogP contribution >= 0.6 is 10.8 Å². The molecule has 5 nitrogen and oxygen atoms in total. The molecule has 0 bridgehead atoms. The van der Waals surface area contributed by atoms with E-state index in [1.165, 1.54) is 32.1 Å². The van der Waals surface area contributed by atoms with Gasteiger partial charge in [-0.2, -0.15) is 8.42 Å². The van der Waals surface area contributed by atoms with E-state index >= 15 is 0 Å². The van der Waals surface area contributed by atoms with Crippen LogP contribution in [0.5, 0.6) is 0 Å². The van der Waals surface area contributed by atoms with Gasteiger partial charge in [-0.1, -0.05) is 26.2 Å². The van der Waals surface area contributed by atoms with Crippen LogP contribution in [0.25, 0.3) is 0 Å². The monoisotopic (exact) mass is 353 g/mol. The molecule has 0 aliphatic heterocycles. The minimum atomic E-state index is -3.89.